The second kappa shape index (κ2) is 7.40. The van der Waals surface area contributed by atoms with E-state index >= 15 is 0 Å². The maximum Gasteiger partial charge on any atom is 0.339 e. The Bertz CT molecular complexity index is 794. The smallest absolute Gasteiger partial charge is 0.339 e. The molecular weight excluding hydrogens is 348 g/mol. The molecule has 1 amide bonds. The number of nitrogens with zero attached hydrogens (tertiary/aromatic N) is 1. The average Bonchev–Trinajstić information content (AvgIpc) is 2.63. The monoisotopic (exact) mass is 362 g/mol. The number of rotatable bonds is 4. The first kappa shape index (κ1) is 17.0. The summed E-state index contributed by atoms with van der Waals surface area (Å²) in [6, 6.07) is 7.86. The van der Waals surface area contributed by atoms with Gasteiger partial charge in [0.05, 0.1) is 10.6 Å². The Balaban J connectivity index is 1.61. The predicted molar refractivity (Wildman–Crippen MR) is 90.2 cm³/mol. The highest BCUT2D eigenvalue weighted by atomic mass is 35.5. The number of fused-ring (bicyclic) bond motifs is 1. The summed E-state index contributed by atoms with van der Waals surface area (Å²) in [5.74, 6) is 0.228. The Hall–Kier alpha value is -2.80. The molecule has 25 heavy (non-hydrogen) atoms. The van der Waals surface area contributed by atoms with Crippen LogP contribution in [-0.2, 0) is 9.53 Å². The van der Waals surface area contributed by atoms with Crippen molar-refractivity contribution in [3.63, 3.8) is 0 Å². The number of nitrogens with one attached hydrogen (secondary N) is 1. The van der Waals surface area contributed by atoms with Crippen LogP contribution in [0.5, 0.6) is 11.5 Å². The lowest BCUT2D eigenvalue weighted by atomic mass is 10.2. The van der Waals surface area contributed by atoms with Crippen molar-refractivity contribution in [2.24, 2.45) is 0 Å². The van der Waals surface area contributed by atoms with Crippen molar-refractivity contribution >= 4 is 29.3 Å². The molecule has 130 valence electrons. The van der Waals surface area contributed by atoms with Gasteiger partial charge >= 0.3 is 5.97 Å². The van der Waals surface area contributed by atoms with Crippen molar-refractivity contribution in [3.05, 3.63) is 47.1 Å². The van der Waals surface area contributed by atoms with Gasteiger partial charge in [0, 0.05) is 6.20 Å². The zero-order chi connectivity index (χ0) is 17.8. The zero-order valence-electron chi connectivity index (χ0n) is 13.3. The van der Waals surface area contributed by atoms with Crippen molar-refractivity contribution in [1.82, 2.24) is 4.98 Å². The number of anilines is 1. The van der Waals surface area contributed by atoms with Gasteiger partial charge in [-0.15, -0.1) is 0 Å². The summed E-state index contributed by atoms with van der Waals surface area (Å²) in [4.78, 5) is 28.3. The molecule has 1 aromatic heterocycles. The number of amides is 1. The van der Waals surface area contributed by atoms with E-state index in [4.69, 9.17) is 25.8 Å². The largest absolute Gasteiger partial charge is 0.486 e. The fraction of sp³-hybridized carbons (Fsp3) is 0.235. The SMILES string of the molecule is CC(OC(=O)c1ccc2c(c1)OCCO2)C(=O)Nc1ccc(Cl)cn1. The molecule has 1 aliphatic heterocycles. The predicted octanol–water partition coefficient (Wildman–Crippen LogP) is 2.69. The molecule has 1 atom stereocenters. The number of ether oxygens (including phenoxy) is 3. The van der Waals surface area contributed by atoms with Crippen molar-refractivity contribution in [1.29, 1.82) is 0 Å². The van der Waals surface area contributed by atoms with E-state index in [2.05, 4.69) is 10.3 Å². The second-order valence-electron chi connectivity index (χ2n) is 5.26. The molecule has 0 fully saturated rings. The van der Waals surface area contributed by atoms with Gasteiger partial charge in [-0.25, -0.2) is 9.78 Å². The summed E-state index contributed by atoms with van der Waals surface area (Å²) in [5.41, 5.74) is 0.272. The van der Waals surface area contributed by atoms with E-state index in [1.54, 1.807) is 24.3 Å². The molecule has 2 aromatic rings. The quantitative estimate of drug-likeness (QED) is 0.841. The van der Waals surface area contributed by atoms with Gasteiger partial charge in [-0.1, -0.05) is 11.6 Å². The lowest BCUT2D eigenvalue weighted by molar-refractivity contribution is -0.123. The minimum Gasteiger partial charge on any atom is -0.486 e. The third-order valence-corrected chi connectivity index (χ3v) is 3.63. The summed E-state index contributed by atoms with van der Waals surface area (Å²) < 4.78 is 16.0. The maximum atomic E-state index is 12.2. The van der Waals surface area contributed by atoms with Crippen LogP contribution in [0.4, 0.5) is 5.82 Å². The number of hydrogen-bond donors (Lipinski definition) is 1. The normalized spacial score (nSPS) is 13.7. The number of benzene rings is 1. The van der Waals surface area contributed by atoms with Crippen molar-refractivity contribution in [3.8, 4) is 11.5 Å². The topological polar surface area (TPSA) is 86.8 Å². The lowest BCUT2D eigenvalue weighted by Crippen LogP contribution is -2.30. The molecule has 2 heterocycles. The van der Waals surface area contributed by atoms with Crippen LogP contribution in [0.15, 0.2) is 36.5 Å². The third kappa shape index (κ3) is 4.19. The van der Waals surface area contributed by atoms with E-state index in [0.29, 0.717) is 35.6 Å². The highest BCUT2D eigenvalue weighted by Crippen LogP contribution is 2.31. The van der Waals surface area contributed by atoms with Crippen molar-refractivity contribution in [2.75, 3.05) is 18.5 Å². The van der Waals surface area contributed by atoms with Crippen LogP contribution in [0.25, 0.3) is 0 Å². The van der Waals surface area contributed by atoms with Gasteiger partial charge in [0.1, 0.15) is 19.0 Å². The molecule has 8 heteroatoms. The summed E-state index contributed by atoms with van der Waals surface area (Å²) in [6.45, 7) is 2.35. The molecule has 0 radical (unpaired) electrons. The van der Waals surface area contributed by atoms with Gasteiger partial charge in [0.2, 0.25) is 0 Å². The molecule has 0 saturated heterocycles. The van der Waals surface area contributed by atoms with Crippen LogP contribution in [0.1, 0.15) is 17.3 Å². The van der Waals surface area contributed by atoms with Gasteiger partial charge < -0.3 is 19.5 Å². The van der Waals surface area contributed by atoms with Gasteiger partial charge in [-0.05, 0) is 37.3 Å². The number of pyridine rings is 1. The van der Waals surface area contributed by atoms with E-state index < -0.39 is 18.0 Å². The molecule has 7 nitrogen and oxygen atoms in total. The number of esters is 1. The highest BCUT2D eigenvalue weighted by molar-refractivity contribution is 6.30. The minimum absolute atomic E-state index is 0.272. The fourth-order valence-corrected chi connectivity index (χ4v) is 2.24. The molecule has 3 rings (SSSR count). The minimum atomic E-state index is -1.00. The molecule has 0 aliphatic carbocycles. The van der Waals surface area contributed by atoms with Crippen LogP contribution >= 0.6 is 11.6 Å². The number of hydrogen-bond acceptors (Lipinski definition) is 6. The zero-order valence-corrected chi connectivity index (χ0v) is 14.1. The van der Waals surface area contributed by atoms with E-state index in [1.807, 2.05) is 0 Å². The highest BCUT2D eigenvalue weighted by Gasteiger charge is 2.21. The summed E-state index contributed by atoms with van der Waals surface area (Å²) in [6.07, 6.45) is 0.404. The molecule has 1 aliphatic rings. The Kier molecular flexibility index (Phi) is 5.04. The Morgan fingerprint density at radius 2 is 1.96 bits per heavy atom. The summed E-state index contributed by atoms with van der Waals surface area (Å²) in [5, 5.41) is 3.00. The van der Waals surface area contributed by atoms with Crippen LogP contribution in [0, 0.1) is 0 Å². The third-order valence-electron chi connectivity index (χ3n) is 3.41. The standard InChI is InChI=1S/C17H15ClN2O5/c1-10(16(21)20-15-5-3-12(18)9-19-15)25-17(22)11-2-4-13-14(8-11)24-7-6-23-13/h2-5,8-10H,6-7H2,1H3,(H,19,20,21). The average molecular weight is 363 g/mol. The Labute approximate surface area is 148 Å². The lowest BCUT2D eigenvalue weighted by Gasteiger charge is -2.19. The Morgan fingerprint density at radius 1 is 1.20 bits per heavy atom. The number of aromatic nitrogens is 1. The maximum absolute atomic E-state index is 12.2. The summed E-state index contributed by atoms with van der Waals surface area (Å²) in [7, 11) is 0. The first-order chi connectivity index (χ1) is 12.0. The van der Waals surface area contributed by atoms with E-state index in [1.165, 1.54) is 19.2 Å². The van der Waals surface area contributed by atoms with Gasteiger partial charge in [-0.3, -0.25) is 4.79 Å². The number of carbonyl (C=O) groups is 2. The van der Waals surface area contributed by atoms with Gasteiger partial charge in [0.25, 0.3) is 5.91 Å². The van der Waals surface area contributed by atoms with Gasteiger partial charge in [0.15, 0.2) is 17.6 Å². The second-order valence-corrected chi connectivity index (χ2v) is 5.69. The molecule has 1 unspecified atom stereocenters. The molecular formula is C17H15ClN2O5. The summed E-state index contributed by atoms with van der Waals surface area (Å²) >= 11 is 5.73. The molecule has 1 aromatic carbocycles. The van der Waals surface area contributed by atoms with E-state index in [0.717, 1.165) is 0 Å². The van der Waals surface area contributed by atoms with Crippen LogP contribution in [-0.4, -0.2) is 36.2 Å². The Morgan fingerprint density at radius 3 is 2.68 bits per heavy atom. The van der Waals surface area contributed by atoms with Crippen molar-refractivity contribution in [2.45, 2.75) is 13.0 Å². The van der Waals surface area contributed by atoms with Crippen LogP contribution in [0.2, 0.25) is 5.02 Å². The fourth-order valence-electron chi connectivity index (χ4n) is 2.13. The number of carbonyl (C=O) groups excluding carboxylic acids is 2. The van der Waals surface area contributed by atoms with E-state index in [9.17, 15) is 9.59 Å². The first-order valence-corrected chi connectivity index (χ1v) is 7.94. The van der Waals surface area contributed by atoms with Gasteiger partial charge in [-0.2, -0.15) is 0 Å². The molecule has 0 bridgehead atoms. The molecule has 0 saturated carbocycles. The molecule has 1 N–H and O–H groups in total. The molecule has 0 spiro atoms. The van der Waals surface area contributed by atoms with E-state index in [-0.39, 0.29) is 5.56 Å². The van der Waals surface area contributed by atoms with Crippen molar-refractivity contribution < 1.29 is 23.8 Å². The van der Waals surface area contributed by atoms with Crippen LogP contribution in [0.3, 0.4) is 0 Å². The van der Waals surface area contributed by atoms with Crippen LogP contribution < -0.4 is 14.8 Å². The first-order valence-electron chi connectivity index (χ1n) is 7.56. The number of halogens is 1.